The Bertz CT molecular complexity index is 2060. The van der Waals surface area contributed by atoms with Crippen LogP contribution < -0.4 is 4.90 Å². The number of anilines is 1. The molecule has 1 unspecified atom stereocenters. The molecule has 0 saturated carbocycles. The molecule has 14 nitrogen and oxygen atoms in total. The van der Waals surface area contributed by atoms with Gasteiger partial charge >= 0.3 is 0 Å². The summed E-state index contributed by atoms with van der Waals surface area (Å²) in [6.07, 6.45) is 1.64. The Kier molecular flexibility index (Phi) is 13.0. The molecule has 0 spiro atoms. The van der Waals surface area contributed by atoms with Crippen LogP contribution in [0, 0.1) is 11.3 Å². The van der Waals surface area contributed by atoms with E-state index in [2.05, 4.69) is 53.4 Å². The van der Waals surface area contributed by atoms with Crippen LogP contribution in [0.15, 0.2) is 91.5 Å². The molecule has 1 saturated heterocycles. The summed E-state index contributed by atoms with van der Waals surface area (Å²) in [5.74, 6) is 0.376. The number of imidazole rings is 1. The maximum Gasteiger partial charge on any atom is 0.259 e. The number of carbonyl (C=O) groups excluding carboxylic acids is 1. The molecule has 2 aromatic heterocycles. The lowest BCUT2D eigenvalue weighted by molar-refractivity contribution is -0.116. The third kappa shape index (κ3) is 8.54. The van der Waals surface area contributed by atoms with Gasteiger partial charge in [-0.15, -0.1) is 0 Å². The number of nitrogens with zero attached hydrogens (tertiary/aromatic N) is 7. The molecule has 3 aromatic carbocycles. The van der Waals surface area contributed by atoms with Crippen LogP contribution in [-0.2, 0) is 28.9 Å². The van der Waals surface area contributed by atoms with Gasteiger partial charge in [-0.1, -0.05) is 54.6 Å². The van der Waals surface area contributed by atoms with Gasteiger partial charge in [0.25, 0.3) is 8.53 Å². The molecule has 1 fully saturated rings. The summed E-state index contributed by atoms with van der Waals surface area (Å²) in [4.78, 5) is 27.3. The van der Waals surface area contributed by atoms with Gasteiger partial charge in [-0.25, -0.2) is 19.6 Å². The molecule has 0 bridgehead atoms. The fourth-order valence-corrected chi connectivity index (χ4v) is 8.65. The molecule has 0 aliphatic carbocycles. The van der Waals surface area contributed by atoms with E-state index in [0.29, 0.717) is 23.4 Å². The number of phenolic OH excluding ortho intramolecular Hbond substituents is 2. The van der Waals surface area contributed by atoms with Gasteiger partial charge in [0.1, 0.15) is 35.8 Å². The number of ether oxygens (including phenoxy) is 2. The molecule has 1 aliphatic heterocycles. The lowest BCUT2D eigenvalue weighted by Crippen LogP contribution is -2.41. The van der Waals surface area contributed by atoms with E-state index in [1.807, 2.05) is 59.2 Å². The summed E-state index contributed by atoms with van der Waals surface area (Å²) >= 11 is 0. The normalized spacial score (nSPS) is 17.8. The number of hydrogen-bond donors (Lipinski definition) is 2. The highest BCUT2D eigenvalue weighted by Crippen LogP contribution is 2.49. The second-order valence-corrected chi connectivity index (χ2v) is 15.6. The van der Waals surface area contributed by atoms with E-state index in [0.717, 1.165) is 16.7 Å². The van der Waals surface area contributed by atoms with Gasteiger partial charge in [0.2, 0.25) is 5.91 Å². The molecule has 4 atom stereocenters. The number of rotatable bonds is 16. The number of aromatic hydroxyl groups is 2. The predicted molar refractivity (Wildman–Crippen MR) is 212 cm³/mol. The summed E-state index contributed by atoms with van der Waals surface area (Å²) < 4.78 is 31.3. The number of aromatic nitrogens is 4. The molecule has 15 heteroatoms. The van der Waals surface area contributed by atoms with Gasteiger partial charge < -0.3 is 28.7 Å². The van der Waals surface area contributed by atoms with E-state index in [9.17, 15) is 20.3 Å². The van der Waals surface area contributed by atoms with E-state index in [4.69, 9.17) is 18.5 Å². The van der Waals surface area contributed by atoms with Gasteiger partial charge in [0, 0.05) is 32.5 Å². The van der Waals surface area contributed by atoms with Crippen LogP contribution in [0.3, 0.4) is 0 Å². The van der Waals surface area contributed by atoms with E-state index in [1.165, 1.54) is 18.2 Å². The van der Waals surface area contributed by atoms with E-state index >= 15 is 0 Å². The van der Waals surface area contributed by atoms with Crippen molar-refractivity contribution in [3.8, 4) is 17.6 Å². The van der Waals surface area contributed by atoms with Crippen LogP contribution in [0.1, 0.15) is 70.4 Å². The fourth-order valence-electron chi connectivity index (χ4n) is 7.04. The number of hydrogen-bond acceptors (Lipinski definition) is 12. The lowest BCUT2D eigenvalue weighted by atomic mass is 9.79. The minimum Gasteiger partial charge on any atom is -0.508 e. The Morgan fingerprint density at radius 1 is 0.946 bits per heavy atom. The van der Waals surface area contributed by atoms with Crippen molar-refractivity contribution in [3.05, 3.63) is 108 Å². The van der Waals surface area contributed by atoms with Gasteiger partial charge in [-0.05, 0) is 68.7 Å². The highest BCUT2D eigenvalue weighted by molar-refractivity contribution is 7.44. The molecule has 3 heterocycles. The van der Waals surface area contributed by atoms with Crippen LogP contribution in [0.2, 0.25) is 0 Å². The van der Waals surface area contributed by atoms with Crippen LogP contribution in [0.4, 0.5) is 5.82 Å². The highest BCUT2D eigenvalue weighted by atomic mass is 31.2. The highest BCUT2D eigenvalue weighted by Gasteiger charge is 2.47. The zero-order valence-corrected chi connectivity index (χ0v) is 33.3. The molecule has 0 radical (unpaired) electrons. The Labute approximate surface area is 328 Å². The molecular weight excluding hydrogens is 733 g/mol. The quantitative estimate of drug-likeness (QED) is 0.0589. The molecule has 1 amide bonds. The minimum absolute atomic E-state index is 0.0747. The number of fused-ring (bicyclic) bond motifs is 1. The van der Waals surface area contributed by atoms with Crippen molar-refractivity contribution in [2.75, 3.05) is 25.2 Å². The number of nitriles is 1. The standard InChI is InChI=1S/C41H48N7O7P/c1-27(2)48(28(3)4)56(52-22-10-21-42)53-24-36-35(23-37(54-36)47-26-45-38-39(46(6)29(5)49)43-25-44-40(38)47)55-41(30-11-8-7-9-12-30,31-13-17-33(50)18-14-31)32-15-19-34(51)20-16-32/h7-9,11-20,25-28,35-37,50-51H,10,22-24H2,1-6H3/t35-,36+,37+,56?/m0/s1. The molecule has 5 aromatic rings. The van der Waals surface area contributed by atoms with Crippen molar-refractivity contribution < 1.29 is 33.5 Å². The van der Waals surface area contributed by atoms with Crippen LogP contribution >= 0.6 is 8.53 Å². The van der Waals surface area contributed by atoms with E-state index < -0.39 is 32.6 Å². The minimum atomic E-state index is -1.61. The first kappa shape index (κ1) is 40.7. The summed E-state index contributed by atoms with van der Waals surface area (Å²) in [5, 5.41) is 30.0. The smallest absolute Gasteiger partial charge is 0.259 e. The Morgan fingerprint density at radius 2 is 1.55 bits per heavy atom. The lowest BCUT2D eigenvalue weighted by Gasteiger charge is -2.39. The second-order valence-electron chi connectivity index (χ2n) is 14.1. The molecule has 56 heavy (non-hydrogen) atoms. The zero-order valence-electron chi connectivity index (χ0n) is 32.4. The molecule has 1 aliphatic rings. The SMILES string of the molecule is CC(=O)N(C)c1ncnc2c1ncn2[C@H]1C[C@H](OC(c2ccccc2)(c2ccc(O)cc2)c2ccc(O)cc2)[C@@H](COP(OCCC#N)N(C(C)C)C(C)C)O1. The summed E-state index contributed by atoms with van der Waals surface area (Å²) in [6.45, 7) is 10.0. The first-order valence-corrected chi connectivity index (χ1v) is 19.7. The summed E-state index contributed by atoms with van der Waals surface area (Å²) in [6, 6.07) is 25.9. The predicted octanol–water partition coefficient (Wildman–Crippen LogP) is 7.18. The first-order valence-electron chi connectivity index (χ1n) is 18.5. The van der Waals surface area contributed by atoms with Crippen molar-refractivity contribution in [3.63, 3.8) is 0 Å². The average molecular weight is 782 g/mol. The molecule has 294 valence electrons. The summed E-state index contributed by atoms with van der Waals surface area (Å²) in [7, 11) is 0.0224. The topological polar surface area (TPSA) is 168 Å². The Hall–Kier alpha value is -5.00. The van der Waals surface area contributed by atoms with Crippen molar-refractivity contribution >= 4 is 31.4 Å². The van der Waals surface area contributed by atoms with Gasteiger partial charge in [0.05, 0.1) is 38.1 Å². The maximum atomic E-state index is 12.3. The monoisotopic (exact) mass is 781 g/mol. The van der Waals surface area contributed by atoms with Crippen molar-refractivity contribution in [2.45, 2.75) is 83.6 Å². The van der Waals surface area contributed by atoms with E-state index in [-0.39, 0.29) is 49.1 Å². The number of benzene rings is 3. The van der Waals surface area contributed by atoms with Gasteiger partial charge in [0.15, 0.2) is 17.0 Å². The zero-order chi connectivity index (χ0) is 40.0. The Morgan fingerprint density at radius 3 is 2.12 bits per heavy atom. The second kappa shape index (κ2) is 17.9. The largest absolute Gasteiger partial charge is 0.508 e. The van der Waals surface area contributed by atoms with Crippen molar-refractivity contribution in [2.24, 2.45) is 0 Å². The van der Waals surface area contributed by atoms with Crippen molar-refractivity contribution in [1.82, 2.24) is 24.2 Å². The van der Waals surface area contributed by atoms with Gasteiger partial charge in [-0.3, -0.25) is 14.3 Å². The average Bonchev–Trinajstić information content (AvgIpc) is 3.80. The molecule has 2 N–H and O–H groups in total. The van der Waals surface area contributed by atoms with Crippen LogP contribution in [-0.4, -0.2) is 84.9 Å². The fraction of sp³-hybridized carbons (Fsp3) is 0.390. The number of carbonyl (C=O) groups is 1. The van der Waals surface area contributed by atoms with Gasteiger partial charge in [-0.2, -0.15) is 5.26 Å². The van der Waals surface area contributed by atoms with Crippen molar-refractivity contribution in [1.29, 1.82) is 5.26 Å². The Balaban J connectivity index is 1.46. The maximum absolute atomic E-state index is 12.3. The number of amides is 1. The number of phenols is 2. The summed E-state index contributed by atoms with van der Waals surface area (Å²) in [5.41, 5.74) is 1.95. The third-order valence-electron chi connectivity index (χ3n) is 9.69. The molecular formula is C41H48N7O7P. The van der Waals surface area contributed by atoms with E-state index in [1.54, 1.807) is 37.6 Å². The first-order chi connectivity index (χ1) is 26.9. The van der Waals surface area contributed by atoms with Crippen LogP contribution in [0.5, 0.6) is 11.5 Å². The van der Waals surface area contributed by atoms with Crippen LogP contribution in [0.25, 0.3) is 11.2 Å². The molecule has 6 rings (SSSR count). The third-order valence-corrected chi connectivity index (χ3v) is 11.8.